The highest BCUT2D eigenvalue weighted by Gasteiger charge is 2.39. The Morgan fingerprint density at radius 3 is 2.56 bits per heavy atom. The lowest BCUT2D eigenvalue weighted by atomic mass is 9.83. The highest BCUT2D eigenvalue weighted by Crippen LogP contribution is 2.35. The van der Waals surface area contributed by atoms with E-state index in [9.17, 15) is 0 Å². The first-order valence-electron chi connectivity index (χ1n) is 5.42. The van der Waals surface area contributed by atoms with Gasteiger partial charge in [-0.2, -0.15) is 0 Å². The predicted octanol–water partition coefficient (Wildman–Crippen LogP) is 0.672. The van der Waals surface area contributed by atoms with Crippen LogP contribution in [0.5, 0.6) is 0 Å². The fourth-order valence-electron chi connectivity index (χ4n) is 2.13. The van der Waals surface area contributed by atoms with Crippen LogP contribution < -0.4 is 5.73 Å². The van der Waals surface area contributed by atoms with Crippen LogP contribution in [0.4, 0.5) is 0 Å². The van der Waals surface area contributed by atoms with Crippen molar-refractivity contribution in [1.82, 2.24) is 9.97 Å². The molecule has 1 aromatic heterocycles. The quantitative estimate of drug-likeness (QED) is 0.815. The molecule has 2 rings (SSSR count). The zero-order valence-corrected chi connectivity index (χ0v) is 9.43. The maximum Gasteiger partial charge on any atom is 0.115 e. The zero-order valence-electron chi connectivity index (χ0n) is 9.43. The summed E-state index contributed by atoms with van der Waals surface area (Å²) >= 11 is 0. The summed E-state index contributed by atoms with van der Waals surface area (Å²) in [5.41, 5.74) is 6.82. The molecule has 0 aliphatic carbocycles. The number of hydrogen-bond donors (Lipinski definition) is 1. The maximum atomic E-state index is 6.25. The summed E-state index contributed by atoms with van der Waals surface area (Å²) < 4.78 is 11.0. The molecular weight excluding hydrogens is 206 g/mol. The van der Waals surface area contributed by atoms with E-state index in [-0.39, 0.29) is 11.6 Å². The first kappa shape index (κ1) is 11.4. The van der Waals surface area contributed by atoms with Gasteiger partial charge in [0.2, 0.25) is 0 Å². The Bertz CT molecular complexity index is 325. The van der Waals surface area contributed by atoms with Crippen LogP contribution >= 0.6 is 0 Å². The molecule has 1 atom stereocenters. The Balaban J connectivity index is 2.20. The maximum absolute atomic E-state index is 6.25. The van der Waals surface area contributed by atoms with Crippen molar-refractivity contribution in [2.24, 2.45) is 5.73 Å². The molecule has 0 bridgehead atoms. The number of methoxy groups -OCH3 is 1. The highest BCUT2D eigenvalue weighted by atomic mass is 16.5. The number of nitrogens with zero attached hydrogens (tertiary/aromatic N) is 2. The van der Waals surface area contributed by atoms with Crippen molar-refractivity contribution in [1.29, 1.82) is 0 Å². The van der Waals surface area contributed by atoms with E-state index in [4.69, 9.17) is 15.2 Å². The van der Waals surface area contributed by atoms with Crippen LogP contribution in [0.25, 0.3) is 0 Å². The summed E-state index contributed by atoms with van der Waals surface area (Å²) in [6.45, 7) is 1.38. The topological polar surface area (TPSA) is 70.3 Å². The Morgan fingerprint density at radius 1 is 1.38 bits per heavy atom. The molecule has 1 fully saturated rings. The molecule has 0 amide bonds. The van der Waals surface area contributed by atoms with Crippen LogP contribution in [0, 0.1) is 0 Å². The molecular formula is C11H17N3O2. The van der Waals surface area contributed by atoms with E-state index >= 15 is 0 Å². The van der Waals surface area contributed by atoms with Gasteiger partial charge in [-0.15, -0.1) is 0 Å². The first-order valence-corrected chi connectivity index (χ1v) is 5.42. The second kappa shape index (κ2) is 4.86. The van der Waals surface area contributed by atoms with Crippen molar-refractivity contribution >= 4 is 0 Å². The average molecular weight is 223 g/mol. The molecule has 5 heteroatoms. The summed E-state index contributed by atoms with van der Waals surface area (Å²) in [7, 11) is 1.70. The summed E-state index contributed by atoms with van der Waals surface area (Å²) in [4.78, 5) is 7.98. The van der Waals surface area contributed by atoms with Crippen molar-refractivity contribution in [2.75, 3.05) is 20.3 Å². The molecule has 0 radical (unpaired) electrons. The van der Waals surface area contributed by atoms with Crippen molar-refractivity contribution in [3.8, 4) is 0 Å². The fourth-order valence-corrected chi connectivity index (χ4v) is 2.13. The van der Waals surface area contributed by atoms with Crippen LogP contribution in [0.15, 0.2) is 18.7 Å². The van der Waals surface area contributed by atoms with E-state index in [1.165, 1.54) is 6.33 Å². The molecule has 2 N–H and O–H groups in total. The Morgan fingerprint density at radius 2 is 2.00 bits per heavy atom. The van der Waals surface area contributed by atoms with Gasteiger partial charge in [0.25, 0.3) is 0 Å². The largest absolute Gasteiger partial charge is 0.381 e. The van der Waals surface area contributed by atoms with E-state index in [1.54, 1.807) is 19.5 Å². The molecule has 5 nitrogen and oxygen atoms in total. The summed E-state index contributed by atoms with van der Waals surface area (Å²) in [5.74, 6) is 0. The Kier molecular flexibility index (Phi) is 3.48. The second-order valence-corrected chi connectivity index (χ2v) is 4.03. The highest BCUT2D eigenvalue weighted by molar-refractivity contribution is 5.15. The fraction of sp³-hybridized carbons (Fsp3) is 0.636. The minimum atomic E-state index is -0.344. The number of ether oxygens (including phenoxy) is 2. The van der Waals surface area contributed by atoms with Crippen molar-refractivity contribution < 1.29 is 9.47 Å². The van der Waals surface area contributed by atoms with Gasteiger partial charge in [-0.3, -0.25) is 0 Å². The van der Waals surface area contributed by atoms with E-state index in [1.807, 2.05) is 0 Å². The lowest BCUT2D eigenvalue weighted by Crippen LogP contribution is -2.47. The van der Waals surface area contributed by atoms with Gasteiger partial charge in [0.15, 0.2) is 0 Å². The van der Waals surface area contributed by atoms with E-state index < -0.39 is 0 Å². The number of hydrogen-bond acceptors (Lipinski definition) is 5. The minimum Gasteiger partial charge on any atom is -0.381 e. The van der Waals surface area contributed by atoms with Gasteiger partial charge >= 0.3 is 0 Å². The van der Waals surface area contributed by atoms with Gasteiger partial charge < -0.3 is 15.2 Å². The third kappa shape index (κ3) is 2.07. The Hall–Kier alpha value is -1.04. The molecule has 1 aliphatic heterocycles. The summed E-state index contributed by atoms with van der Waals surface area (Å²) in [5, 5.41) is 0. The van der Waals surface area contributed by atoms with Gasteiger partial charge in [-0.05, 0) is 0 Å². The number of rotatable bonds is 3. The molecule has 1 saturated heterocycles. The molecule has 1 aliphatic rings. The first-order chi connectivity index (χ1) is 7.78. The number of aromatic nitrogens is 2. The SMILES string of the molecule is COC1(C(N)c2cncnc2)CCOCC1. The van der Waals surface area contributed by atoms with E-state index in [0.717, 1.165) is 18.4 Å². The molecule has 0 aromatic carbocycles. The lowest BCUT2D eigenvalue weighted by Gasteiger charge is -2.40. The van der Waals surface area contributed by atoms with Gasteiger partial charge in [0, 0.05) is 51.1 Å². The minimum absolute atomic E-state index is 0.206. The normalized spacial score (nSPS) is 21.6. The van der Waals surface area contributed by atoms with Crippen LogP contribution in [-0.2, 0) is 9.47 Å². The molecule has 1 unspecified atom stereocenters. The van der Waals surface area contributed by atoms with Crippen molar-refractivity contribution in [3.05, 3.63) is 24.3 Å². The summed E-state index contributed by atoms with van der Waals surface area (Å²) in [6.07, 6.45) is 6.60. The average Bonchev–Trinajstić information content (AvgIpc) is 2.39. The van der Waals surface area contributed by atoms with Crippen molar-refractivity contribution in [2.45, 2.75) is 24.5 Å². The van der Waals surface area contributed by atoms with Gasteiger partial charge in [0.1, 0.15) is 6.33 Å². The standard InChI is InChI=1S/C11H17N3O2/c1-15-11(2-4-16-5-3-11)10(12)9-6-13-8-14-7-9/h6-8,10H,2-5,12H2,1H3. The van der Waals surface area contributed by atoms with Gasteiger partial charge in [-0.1, -0.05) is 0 Å². The number of nitrogens with two attached hydrogens (primary N) is 1. The molecule has 2 heterocycles. The molecule has 1 aromatic rings. The molecule has 0 spiro atoms. The third-order valence-electron chi connectivity index (χ3n) is 3.25. The summed E-state index contributed by atoms with van der Waals surface area (Å²) in [6, 6.07) is -0.206. The van der Waals surface area contributed by atoms with Crippen LogP contribution in [-0.4, -0.2) is 35.9 Å². The van der Waals surface area contributed by atoms with Gasteiger partial charge in [-0.25, -0.2) is 9.97 Å². The smallest absolute Gasteiger partial charge is 0.115 e. The monoisotopic (exact) mass is 223 g/mol. The van der Waals surface area contributed by atoms with Crippen LogP contribution in [0.2, 0.25) is 0 Å². The molecule has 16 heavy (non-hydrogen) atoms. The second-order valence-electron chi connectivity index (χ2n) is 4.03. The third-order valence-corrected chi connectivity index (χ3v) is 3.25. The van der Waals surface area contributed by atoms with Crippen molar-refractivity contribution in [3.63, 3.8) is 0 Å². The Labute approximate surface area is 95.0 Å². The van der Waals surface area contributed by atoms with Gasteiger partial charge in [0.05, 0.1) is 11.6 Å². The van der Waals surface area contributed by atoms with E-state index in [2.05, 4.69) is 9.97 Å². The predicted molar refractivity (Wildman–Crippen MR) is 58.8 cm³/mol. The van der Waals surface area contributed by atoms with Crippen LogP contribution in [0.1, 0.15) is 24.4 Å². The lowest BCUT2D eigenvalue weighted by molar-refractivity contribution is -0.105. The molecule has 0 saturated carbocycles. The van der Waals surface area contributed by atoms with E-state index in [0.29, 0.717) is 13.2 Å². The molecule has 88 valence electrons. The zero-order chi connectivity index (χ0) is 11.4. The van der Waals surface area contributed by atoms with Crippen LogP contribution in [0.3, 0.4) is 0 Å².